The van der Waals surface area contributed by atoms with Gasteiger partial charge in [-0.05, 0) is 55.3 Å². The zero-order valence-corrected chi connectivity index (χ0v) is 11.7. The van der Waals surface area contributed by atoms with E-state index < -0.39 is 11.9 Å². The minimum Gasteiger partial charge on any atom is -0.508 e. The molecule has 21 heavy (non-hydrogen) atoms. The molecular weight excluding hydrogens is 270 g/mol. The van der Waals surface area contributed by atoms with Crippen LogP contribution in [0, 0.1) is 13.8 Å². The molecule has 0 aliphatic rings. The number of benzene rings is 2. The van der Waals surface area contributed by atoms with Gasteiger partial charge in [0.2, 0.25) is 0 Å². The molecule has 108 valence electrons. The predicted octanol–water partition coefficient (Wildman–Crippen LogP) is 2.96. The van der Waals surface area contributed by atoms with Crippen molar-refractivity contribution in [1.82, 2.24) is 0 Å². The van der Waals surface area contributed by atoms with Crippen LogP contribution < -0.4 is 5.32 Å². The largest absolute Gasteiger partial charge is 0.508 e. The normalized spacial score (nSPS) is 10.2. The predicted molar refractivity (Wildman–Crippen MR) is 78.9 cm³/mol. The van der Waals surface area contributed by atoms with E-state index in [0.29, 0.717) is 11.1 Å². The molecular formula is C16H15NO4. The summed E-state index contributed by atoms with van der Waals surface area (Å²) < 4.78 is 0. The third-order valence-electron chi connectivity index (χ3n) is 3.08. The fourth-order valence-corrected chi connectivity index (χ4v) is 2.10. The molecule has 5 heteroatoms. The Hall–Kier alpha value is -2.82. The number of rotatable bonds is 3. The zero-order valence-electron chi connectivity index (χ0n) is 11.7. The number of hydrogen-bond donors (Lipinski definition) is 3. The molecule has 3 N–H and O–H groups in total. The van der Waals surface area contributed by atoms with Gasteiger partial charge in [-0.2, -0.15) is 0 Å². The lowest BCUT2D eigenvalue weighted by Crippen LogP contribution is -2.16. The van der Waals surface area contributed by atoms with Gasteiger partial charge in [0.1, 0.15) is 5.75 Å². The van der Waals surface area contributed by atoms with Gasteiger partial charge in [0.05, 0.1) is 11.3 Å². The summed E-state index contributed by atoms with van der Waals surface area (Å²) in [4.78, 5) is 23.5. The van der Waals surface area contributed by atoms with E-state index >= 15 is 0 Å². The van der Waals surface area contributed by atoms with Gasteiger partial charge in [0.25, 0.3) is 5.91 Å². The Morgan fingerprint density at radius 3 is 2.24 bits per heavy atom. The Bertz CT molecular complexity index is 705. The highest BCUT2D eigenvalue weighted by atomic mass is 16.4. The highest BCUT2D eigenvalue weighted by Gasteiger charge is 2.16. The average Bonchev–Trinajstić information content (AvgIpc) is 2.41. The highest BCUT2D eigenvalue weighted by Crippen LogP contribution is 2.24. The van der Waals surface area contributed by atoms with E-state index in [1.807, 2.05) is 0 Å². The summed E-state index contributed by atoms with van der Waals surface area (Å²) >= 11 is 0. The van der Waals surface area contributed by atoms with Gasteiger partial charge < -0.3 is 15.5 Å². The standard InChI is InChI=1S/C16H15NO4/c1-9-7-10(2)14(13(8-9)16(20)21)17-15(19)11-3-5-12(18)6-4-11/h3-8,18H,1-2H3,(H,17,19)(H,20,21). The molecule has 0 saturated carbocycles. The Balaban J connectivity index is 2.37. The lowest BCUT2D eigenvalue weighted by Gasteiger charge is -2.13. The molecule has 0 fully saturated rings. The maximum atomic E-state index is 12.2. The summed E-state index contributed by atoms with van der Waals surface area (Å²) in [6.07, 6.45) is 0. The van der Waals surface area contributed by atoms with Crippen LogP contribution in [0.5, 0.6) is 5.75 Å². The van der Waals surface area contributed by atoms with Crippen LogP contribution in [0.2, 0.25) is 0 Å². The first-order chi connectivity index (χ1) is 9.88. The second kappa shape index (κ2) is 5.66. The molecule has 0 spiro atoms. The van der Waals surface area contributed by atoms with Crippen LogP contribution in [0.4, 0.5) is 5.69 Å². The van der Waals surface area contributed by atoms with E-state index in [9.17, 15) is 19.8 Å². The van der Waals surface area contributed by atoms with Gasteiger partial charge in [0, 0.05) is 5.56 Å². The van der Waals surface area contributed by atoms with Crippen molar-refractivity contribution in [3.05, 3.63) is 58.7 Å². The number of hydrogen-bond acceptors (Lipinski definition) is 3. The first-order valence-corrected chi connectivity index (χ1v) is 6.33. The molecule has 0 radical (unpaired) electrons. The number of nitrogens with one attached hydrogen (secondary N) is 1. The van der Waals surface area contributed by atoms with Crippen LogP contribution in [0.3, 0.4) is 0 Å². The lowest BCUT2D eigenvalue weighted by molar-refractivity contribution is 0.0698. The van der Waals surface area contributed by atoms with E-state index in [4.69, 9.17) is 0 Å². The lowest BCUT2D eigenvalue weighted by atomic mass is 10.0. The van der Waals surface area contributed by atoms with E-state index in [-0.39, 0.29) is 17.0 Å². The van der Waals surface area contributed by atoms with Crippen LogP contribution in [0.15, 0.2) is 36.4 Å². The average molecular weight is 285 g/mol. The molecule has 0 heterocycles. The summed E-state index contributed by atoms with van der Waals surface area (Å²) in [5.74, 6) is -1.46. The fourth-order valence-electron chi connectivity index (χ4n) is 2.10. The number of phenols is 1. The van der Waals surface area contributed by atoms with E-state index in [2.05, 4.69) is 5.32 Å². The molecule has 0 aliphatic carbocycles. The number of anilines is 1. The number of aromatic hydroxyl groups is 1. The Kier molecular flexibility index (Phi) is 3.93. The second-order valence-electron chi connectivity index (χ2n) is 4.81. The molecule has 0 aromatic heterocycles. The first-order valence-electron chi connectivity index (χ1n) is 6.33. The van der Waals surface area contributed by atoms with Gasteiger partial charge >= 0.3 is 5.97 Å². The minimum atomic E-state index is -1.09. The van der Waals surface area contributed by atoms with Crippen LogP contribution >= 0.6 is 0 Å². The SMILES string of the molecule is Cc1cc(C)c(NC(=O)c2ccc(O)cc2)c(C(=O)O)c1. The second-order valence-corrected chi connectivity index (χ2v) is 4.81. The van der Waals surface area contributed by atoms with Crippen molar-refractivity contribution < 1.29 is 19.8 Å². The molecule has 0 aliphatic heterocycles. The van der Waals surface area contributed by atoms with Gasteiger partial charge in [0.15, 0.2) is 0 Å². The molecule has 0 bridgehead atoms. The maximum absolute atomic E-state index is 12.2. The number of carbonyl (C=O) groups is 2. The van der Waals surface area contributed by atoms with Crippen molar-refractivity contribution >= 4 is 17.6 Å². The van der Waals surface area contributed by atoms with Gasteiger partial charge in [-0.15, -0.1) is 0 Å². The van der Waals surface area contributed by atoms with Crippen molar-refractivity contribution in [3.8, 4) is 5.75 Å². The van der Waals surface area contributed by atoms with E-state index in [1.54, 1.807) is 19.9 Å². The number of carboxylic acid groups (broad SMARTS) is 1. The highest BCUT2D eigenvalue weighted by molar-refractivity contribution is 6.08. The summed E-state index contributed by atoms with van der Waals surface area (Å²) in [6.45, 7) is 3.54. The van der Waals surface area contributed by atoms with Gasteiger partial charge in [-0.25, -0.2) is 4.79 Å². The molecule has 2 rings (SSSR count). The topological polar surface area (TPSA) is 86.6 Å². The van der Waals surface area contributed by atoms with E-state index in [1.165, 1.54) is 30.3 Å². The Labute approximate surface area is 121 Å². The number of amides is 1. The molecule has 2 aromatic rings. The molecule has 0 atom stereocenters. The van der Waals surface area contributed by atoms with Crippen LogP contribution in [-0.2, 0) is 0 Å². The van der Waals surface area contributed by atoms with E-state index in [0.717, 1.165) is 5.56 Å². The number of carboxylic acids is 1. The number of carbonyl (C=O) groups excluding carboxylic acids is 1. The monoisotopic (exact) mass is 285 g/mol. The third-order valence-corrected chi connectivity index (χ3v) is 3.08. The summed E-state index contributed by atoms with van der Waals surface area (Å²) in [6, 6.07) is 9.05. The minimum absolute atomic E-state index is 0.0552. The summed E-state index contributed by atoms with van der Waals surface area (Å²) in [5.41, 5.74) is 2.17. The van der Waals surface area contributed by atoms with Crippen LogP contribution in [0.1, 0.15) is 31.8 Å². The number of phenolic OH excluding ortho intramolecular Hbond substituents is 1. The van der Waals surface area contributed by atoms with Crippen molar-refractivity contribution in [2.75, 3.05) is 5.32 Å². The third kappa shape index (κ3) is 3.20. The molecule has 0 unspecified atom stereocenters. The van der Waals surface area contributed by atoms with Crippen molar-refractivity contribution in [2.45, 2.75) is 13.8 Å². The first kappa shape index (κ1) is 14.6. The van der Waals surface area contributed by atoms with Crippen LogP contribution in [-0.4, -0.2) is 22.1 Å². The van der Waals surface area contributed by atoms with Crippen molar-refractivity contribution in [2.24, 2.45) is 0 Å². The van der Waals surface area contributed by atoms with Gasteiger partial charge in [-0.3, -0.25) is 4.79 Å². The van der Waals surface area contributed by atoms with Crippen LogP contribution in [0.25, 0.3) is 0 Å². The molecule has 0 saturated heterocycles. The fraction of sp³-hybridized carbons (Fsp3) is 0.125. The Morgan fingerprint density at radius 1 is 1.05 bits per heavy atom. The molecule has 2 aromatic carbocycles. The quantitative estimate of drug-likeness (QED) is 0.809. The smallest absolute Gasteiger partial charge is 0.337 e. The molecule has 1 amide bonds. The maximum Gasteiger partial charge on any atom is 0.337 e. The summed E-state index contributed by atoms with van der Waals surface area (Å²) in [7, 11) is 0. The molecule has 5 nitrogen and oxygen atoms in total. The zero-order chi connectivity index (χ0) is 15.6. The number of aromatic carboxylic acids is 1. The number of aryl methyl sites for hydroxylation is 2. The van der Waals surface area contributed by atoms with Crippen molar-refractivity contribution in [1.29, 1.82) is 0 Å². The Morgan fingerprint density at radius 2 is 1.67 bits per heavy atom. The summed E-state index contributed by atoms with van der Waals surface area (Å²) in [5, 5.41) is 21.1. The van der Waals surface area contributed by atoms with Crippen molar-refractivity contribution in [3.63, 3.8) is 0 Å². The van der Waals surface area contributed by atoms with Gasteiger partial charge in [-0.1, -0.05) is 6.07 Å².